The van der Waals surface area contributed by atoms with Crippen molar-refractivity contribution in [3.8, 4) is 22.5 Å². The molecule has 1 aliphatic rings. The Labute approximate surface area is 216 Å². The first-order valence-corrected chi connectivity index (χ1v) is 13.3. The summed E-state index contributed by atoms with van der Waals surface area (Å²) in [5.41, 5.74) is 5.07. The first kappa shape index (κ1) is 24.5. The lowest BCUT2D eigenvalue weighted by Gasteiger charge is -2.22. The van der Waals surface area contributed by atoms with E-state index in [4.69, 9.17) is 11.6 Å². The van der Waals surface area contributed by atoms with Crippen molar-refractivity contribution in [1.29, 1.82) is 0 Å². The summed E-state index contributed by atoms with van der Waals surface area (Å²) in [5.74, 6) is 1.11. The Bertz CT molecular complexity index is 1350. The third-order valence-corrected chi connectivity index (χ3v) is 7.63. The lowest BCUT2D eigenvalue weighted by molar-refractivity contribution is 0.344. The third kappa shape index (κ3) is 5.03. The van der Waals surface area contributed by atoms with Crippen molar-refractivity contribution in [2.45, 2.75) is 71.4 Å². The Morgan fingerprint density at radius 2 is 1.75 bits per heavy atom. The number of H-pyrrole nitrogens is 1. The minimum absolute atomic E-state index is 0.0252. The van der Waals surface area contributed by atoms with Crippen LogP contribution in [0.15, 0.2) is 53.3 Å². The van der Waals surface area contributed by atoms with Gasteiger partial charge in [-0.2, -0.15) is 5.21 Å². The van der Waals surface area contributed by atoms with E-state index < -0.39 is 0 Å². The molecule has 1 saturated carbocycles. The number of rotatable bonds is 8. The number of benzene rings is 2. The SMILES string of the molecule is CC(C)CCc1c(Cl)n(C2CCCCC2)c(=O)n1Cc1ccc(-c2ccccc2-c2nn[nH]n2)cc1. The fourth-order valence-corrected chi connectivity index (χ4v) is 5.65. The number of nitrogens with one attached hydrogen (secondary N) is 1. The summed E-state index contributed by atoms with van der Waals surface area (Å²) in [4.78, 5) is 13.6. The molecule has 0 aliphatic heterocycles. The zero-order chi connectivity index (χ0) is 25.1. The van der Waals surface area contributed by atoms with Crippen molar-refractivity contribution in [3.05, 3.63) is 75.4 Å². The number of aromatic amines is 1. The molecular weight excluding hydrogens is 472 g/mol. The van der Waals surface area contributed by atoms with E-state index in [1.807, 2.05) is 27.3 Å². The first-order chi connectivity index (χ1) is 17.5. The van der Waals surface area contributed by atoms with Gasteiger partial charge in [-0.3, -0.25) is 9.13 Å². The second-order valence-corrected chi connectivity index (χ2v) is 10.5. The third-order valence-electron chi connectivity index (χ3n) is 7.23. The van der Waals surface area contributed by atoms with Crippen LogP contribution < -0.4 is 5.69 Å². The molecule has 2 aromatic carbocycles. The van der Waals surface area contributed by atoms with E-state index in [1.165, 1.54) is 6.42 Å². The number of halogens is 1. The highest BCUT2D eigenvalue weighted by Crippen LogP contribution is 2.33. The molecule has 1 fully saturated rings. The lowest BCUT2D eigenvalue weighted by atomic mass is 9.95. The molecule has 0 radical (unpaired) electrons. The smallest absolute Gasteiger partial charge is 0.290 e. The van der Waals surface area contributed by atoms with Crippen LogP contribution in [0.5, 0.6) is 0 Å². The summed E-state index contributed by atoms with van der Waals surface area (Å²) in [6.45, 7) is 4.93. The van der Waals surface area contributed by atoms with Gasteiger partial charge in [-0.05, 0) is 53.5 Å². The van der Waals surface area contributed by atoms with Gasteiger partial charge in [0.15, 0.2) is 0 Å². The number of hydrogen-bond acceptors (Lipinski definition) is 4. The van der Waals surface area contributed by atoms with E-state index in [2.05, 4.69) is 64.8 Å². The Balaban J connectivity index is 1.46. The molecule has 2 aromatic heterocycles. The summed E-state index contributed by atoms with van der Waals surface area (Å²) in [5, 5.41) is 15.1. The van der Waals surface area contributed by atoms with Crippen LogP contribution in [0.3, 0.4) is 0 Å². The maximum atomic E-state index is 13.6. The van der Waals surface area contributed by atoms with Crippen LogP contribution in [-0.2, 0) is 13.0 Å². The first-order valence-electron chi connectivity index (χ1n) is 12.9. The highest BCUT2D eigenvalue weighted by Gasteiger charge is 2.25. The van der Waals surface area contributed by atoms with E-state index in [1.54, 1.807) is 0 Å². The van der Waals surface area contributed by atoms with Crippen LogP contribution in [-0.4, -0.2) is 29.8 Å². The van der Waals surface area contributed by atoms with Gasteiger partial charge in [0, 0.05) is 11.6 Å². The monoisotopic (exact) mass is 504 g/mol. The highest BCUT2D eigenvalue weighted by molar-refractivity contribution is 6.30. The molecule has 4 aromatic rings. The average molecular weight is 505 g/mol. The van der Waals surface area contributed by atoms with Crippen molar-refractivity contribution in [1.82, 2.24) is 29.8 Å². The van der Waals surface area contributed by atoms with Gasteiger partial charge >= 0.3 is 5.69 Å². The molecule has 0 saturated heterocycles. The van der Waals surface area contributed by atoms with Gasteiger partial charge in [0.2, 0.25) is 5.82 Å². The summed E-state index contributed by atoms with van der Waals surface area (Å²) < 4.78 is 3.79. The van der Waals surface area contributed by atoms with Crippen LogP contribution in [0.2, 0.25) is 5.15 Å². The number of hydrogen-bond donors (Lipinski definition) is 1. The van der Waals surface area contributed by atoms with Crippen molar-refractivity contribution >= 4 is 11.6 Å². The molecule has 0 spiro atoms. The Morgan fingerprint density at radius 3 is 2.42 bits per heavy atom. The van der Waals surface area contributed by atoms with E-state index in [9.17, 15) is 4.79 Å². The highest BCUT2D eigenvalue weighted by atomic mass is 35.5. The maximum Gasteiger partial charge on any atom is 0.330 e. The van der Waals surface area contributed by atoms with Crippen LogP contribution in [0, 0.1) is 5.92 Å². The summed E-state index contributed by atoms with van der Waals surface area (Å²) in [6.07, 6.45) is 7.43. The Kier molecular flexibility index (Phi) is 7.37. The van der Waals surface area contributed by atoms with Gasteiger partial charge < -0.3 is 0 Å². The topological polar surface area (TPSA) is 81.4 Å². The Morgan fingerprint density at radius 1 is 1.03 bits per heavy atom. The minimum Gasteiger partial charge on any atom is -0.290 e. The molecule has 0 unspecified atom stereocenters. The van der Waals surface area contributed by atoms with Crippen LogP contribution in [0.25, 0.3) is 22.5 Å². The van der Waals surface area contributed by atoms with Crippen LogP contribution in [0.1, 0.15) is 69.7 Å². The van der Waals surface area contributed by atoms with E-state index in [0.717, 1.165) is 66.5 Å². The molecule has 0 amide bonds. The molecular formula is C28H33ClN6O. The van der Waals surface area contributed by atoms with Gasteiger partial charge in [-0.15, -0.1) is 10.2 Å². The Hall–Kier alpha value is -3.19. The fourth-order valence-electron chi connectivity index (χ4n) is 5.24. The van der Waals surface area contributed by atoms with Crippen molar-refractivity contribution in [2.24, 2.45) is 5.92 Å². The minimum atomic E-state index is 0.0252. The second kappa shape index (κ2) is 10.8. The predicted octanol–water partition coefficient (Wildman–Crippen LogP) is 6.29. The number of aromatic nitrogens is 6. The standard InChI is InChI=1S/C28H33ClN6O/c1-19(2)12-17-25-26(29)35(22-8-4-3-5-9-22)28(36)34(25)18-20-13-15-21(16-14-20)23-10-6-7-11-24(23)27-30-32-33-31-27/h6-7,10-11,13-16,19,22H,3-5,8-9,12,17-18H2,1-2H3,(H,30,31,32,33). The van der Waals surface area contributed by atoms with Crippen molar-refractivity contribution in [2.75, 3.05) is 0 Å². The summed E-state index contributed by atoms with van der Waals surface area (Å²) in [6, 6.07) is 16.6. The van der Waals surface area contributed by atoms with Gasteiger partial charge in [0.25, 0.3) is 0 Å². The van der Waals surface area contributed by atoms with Gasteiger partial charge in [0.05, 0.1) is 12.2 Å². The molecule has 2 heterocycles. The number of tetrazole rings is 1. The van der Waals surface area contributed by atoms with Gasteiger partial charge in [-0.25, -0.2) is 4.79 Å². The molecule has 8 heteroatoms. The average Bonchev–Trinajstić information content (AvgIpc) is 3.51. The molecule has 36 heavy (non-hydrogen) atoms. The van der Waals surface area contributed by atoms with E-state index >= 15 is 0 Å². The molecule has 1 N–H and O–H groups in total. The zero-order valence-corrected chi connectivity index (χ0v) is 21.7. The van der Waals surface area contributed by atoms with E-state index in [-0.39, 0.29) is 11.7 Å². The number of imidazole rings is 1. The maximum absolute atomic E-state index is 13.6. The fraction of sp³-hybridized carbons (Fsp3) is 0.429. The van der Waals surface area contributed by atoms with Crippen LogP contribution >= 0.6 is 11.6 Å². The predicted molar refractivity (Wildman–Crippen MR) is 143 cm³/mol. The molecule has 7 nitrogen and oxygen atoms in total. The molecule has 188 valence electrons. The van der Waals surface area contributed by atoms with Gasteiger partial charge in [0.1, 0.15) is 5.15 Å². The van der Waals surface area contributed by atoms with Gasteiger partial charge in [-0.1, -0.05) is 93.2 Å². The van der Waals surface area contributed by atoms with Crippen molar-refractivity contribution in [3.63, 3.8) is 0 Å². The van der Waals surface area contributed by atoms with Crippen molar-refractivity contribution < 1.29 is 0 Å². The zero-order valence-electron chi connectivity index (χ0n) is 21.0. The molecule has 0 atom stereocenters. The molecule has 1 aliphatic carbocycles. The number of nitrogens with zero attached hydrogens (tertiary/aromatic N) is 5. The summed E-state index contributed by atoms with van der Waals surface area (Å²) in [7, 11) is 0. The van der Waals surface area contributed by atoms with Crippen LogP contribution in [0.4, 0.5) is 0 Å². The van der Waals surface area contributed by atoms with E-state index in [0.29, 0.717) is 23.4 Å². The second-order valence-electron chi connectivity index (χ2n) is 10.2. The molecule has 5 rings (SSSR count). The largest absolute Gasteiger partial charge is 0.330 e. The quantitative estimate of drug-likeness (QED) is 0.305. The summed E-state index contributed by atoms with van der Waals surface area (Å²) >= 11 is 6.91. The normalized spacial score (nSPS) is 14.6. The lowest BCUT2D eigenvalue weighted by Crippen LogP contribution is -2.29. The molecule has 0 bridgehead atoms.